The summed E-state index contributed by atoms with van der Waals surface area (Å²) in [5.74, 6) is 0.467. The molecule has 0 aromatic heterocycles. The lowest BCUT2D eigenvalue weighted by Crippen LogP contribution is -2.32. The van der Waals surface area contributed by atoms with E-state index in [2.05, 4.69) is 26.1 Å². The smallest absolute Gasteiger partial charge is 0.0692 e. The van der Waals surface area contributed by atoms with Crippen LogP contribution in [0.1, 0.15) is 33.6 Å². The quantitative estimate of drug-likeness (QED) is 0.614. The van der Waals surface area contributed by atoms with Crippen molar-refractivity contribution in [2.45, 2.75) is 39.7 Å². The van der Waals surface area contributed by atoms with Gasteiger partial charge in [0, 0.05) is 6.54 Å². The molecule has 2 nitrogen and oxygen atoms in total. The van der Waals surface area contributed by atoms with Gasteiger partial charge in [0.1, 0.15) is 0 Å². The summed E-state index contributed by atoms with van der Waals surface area (Å²) in [6.45, 7) is 7.99. The first kappa shape index (κ1) is 10.9. The highest BCUT2D eigenvalue weighted by Crippen LogP contribution is 2.11. The lowest BCUT2D eigenvalue weighted by Gasteiger charge is -2.19. The van der Waals surface area contributed by atoms with E-state index in [9.17, 15) is 5.11 Å². The molecule has 68 valence electrons. The molecule has 0 heterocycles. The third-order valence-corrected chi connectivity index (χ3v) is 2.20. The SMILES string of the molecule is CCNCC(O)C(CC)CC. The van der Waals surface area contributed by atoms with Crippen LogP contribution < -0.4 is 5.32 Å². The minimum atomic E-state index is -0.162. The first-order chi connectivity index (χ1) is 5.26. The molecule has 1 atom stereocenters. The normalized spacial score (nSPS) is 13.9. The van der Waals surface area contributed by atoms with E-state index in [1.165, 1.54) is 0 Å². The van der Waals surface area contributed by atoms with Gasteiger partial charge in [0.25, 0.3) is 0 Å². The number of hydrogen-bond acceptors (Lipinski definition) is 2. The first-order valence-electron chi connectivity index (χ1n) is 4.64. The fourth-order valence-corrected chi connectivity index (χ4v) is 1.29. The van der Waals surface area contributed by atoms with E-state index >= 15 is 0 Å². The van der Waals surface area contributed by atoms with Crippen LogP contribution in [0.3, 0.4) is 0 Å². The van der Waals surface area contributed by atoms with E-state index in [1.807, 2.05) is 0 Å². The lowest BCUT2D eigenvalue weighted by molar-refractivity contribution is 0.102. The molecule has 0 aliphatic carbocycles. The number of hydrogen-bond donors (Lipinski definition) is 2. The van der Waals surface area contributed by atoms with Gasteiger partial charge in [0.15, 0.2) is 0 Å². The van der Waals surface area contributed by atoms with Crippen molar-refractivity contribution >= 4 is 0 Å². The summed E-state index contributed by atoms with van der Waals surface area (Å²) in [7, 11) is 0. The molecule has 1 unspecified atom stereocenters. The highest BCUT2D eigenvalue weighted by molar-refractivity contribution is 4.67. The first-order valence-corrected chi connectivity index (χ1v) is 4.64. The van der Waals surface area contributed by atoms with E-state index in [0.717, 1.165) is 25.9 Å². The Kier molecular flexibility index (Phi) is 6.57. The summed E-state index contributed by atoms with van der Waals surface area (Å²) in [6, 6.07) is 0. The highest BCUT2D eigenvalue weighted by Gasteiger charge is 2.13. The molecule has 0 bridgehead atoms. The van der Waals surface area contributed by atoms with Gasteiger partial charge in [0.2, 0.25) is 0 Å². The summed E-state index contributed by atoms with van der Waals surface area (Å²) < 4.78 is 0. The maximum Gasteiger partial charge on any atom is 0.0692 e. The number of nitrogens with one attached hydrogen (secondary N) is 1. The maximum atomic E-state index is 9.58. The van der Waals surface area contributed by atoms with Gasteiger partial charge < -0.3 is 10.4 Å². The second-order valence-electron chi connectivity index (χ2n) is 2.95. The molecule has 0 spiro atoms. The van der Waals surface area contributed by atoms with Gasteiger partial charge in [-0.1, -0.05) is 33.6 Å². The second-order valence-corrected chi connectivity index (χ2v) is 2.95. The number of likely N-dealkylation sites (N-methyl/N-ethyl adjacent to an activating group) is 1. The van der Waals surface area contributed by atoms with Crippen LogP contribution in [0, 0.1) is 5.92 Å². The van der Waals surface area contributed by atoms with E-state index in [-0.39, 0.29) is 6.10 Å². The molecule has 0 amide bonds. The summed E-state index contributed by atoms with van der Waals surface area (Å²) in [5, 5.41) is 12.7. The van der Waals surface area contributed by atoms with Gasteiger partial charge in [-0.15, -0.1) is 0 Å². The summed E-state index contributed by atoms with van der Waals surface area (Å²) in [5.41, 5.74) is 0. The van der Waals surface area contributed by atoms with Gasteiger partial charge in [0.05, 0.1) is 6.10 Å². The van der Waals surface area contributed by atoms with Gasteiger partial charge in [-0.2, -0.15) is 0 Å². The molecule has 0 aromatic rings. The van der Waals surface area contributed by atoms with Crippen molar-refractivity contribution in [3.63, 3.8) is 0 Å². The van der Waals surface area contributed by atoms with Gasteiger partial charge >= 0.3 is 0 Å². The van der Waals surface area contributed by atoms with Crippen molar-refractivity contribution in [3.05, 3.63) is 0 Å². The molecule has 0 saturated heterocycles. The molecule has 2 N–H and O–H groups in total. The number of rotatable bonds is 6. The molecule has 0 fully saturated rings. The molecule has 0 aliphatic heterocycles. The van der Waals surface area contributed by atoms with Crippen molar-refractivity contribution in [2.24, 2.45) is 5.92 Å². The zero-order valence-corrected chi connectivity index (χ0v) is 7.93. The largest absolute Gasteiger partial charge is 0.392 e. The average molecular weight is 159 g/mol. The standard InChI is InChI=1S/C9H21NO/c1-4-8(5-2)9(11)7-10-6-3/h8-11H,4-7H2,1-3H3. The predicted octanol–water partition coefficient (Wildman–Crippen LogP) is 1.39. The molecular formula is C9H21NO. The van der Waals surface area contributed by atoms with Crippen LogP contribution in [-0.2, 0) is 0 Å². The minimum Gasteiger partial charge on any atom is -0.392 e. The Morgan fingerprint density at radius 3 is 2.09 bits per heavy atom. The van der Waals surface area contributed by atoms with Gasteiger partial charge in [-0.25, -0.2) is 0 Å². The van der Waals surface area contributed by atoms with E-state index in [1.54, 1.807) is 0 Å². The molecule has 11 heavy (non-hydrogen) atoms. The Morgan fingerprint density at radius 1 is 1.18 bits per heavy atom. The van der Waals surface area contributed by atoms with Gasteiger partial charge in [-0.05, 0) is 12.5 Å². The molecule has 0 aromatic carbocycles. The Hall–Kier alpha value is -0.0800. The summed E-state index contributed by atoms with van der Waals surface area (Å²) in [6.07, 6.45) is 1.98. The molecule has 0 saturated carbocycles. The average Bonchev–Trinajstić information content (AvgIpc) is 2.03. The minimum absolute atomic E-state index is 0.162. The predicted molar refractivity (Wildman–Crippen MR) is 48.6 cm³/mol. The molecular weight excluding hydrogens is 138 g/mol. The third kappa shape index (κ3) is 4.38. The zero-order chi connectivity index (χ0) is 8.69. The number of aliphatic hydroxyl groups is 1. The van der Waals surface area contributed by atoms with Crippen LogP contribution in [0.25, 0.3) is 0 Å². The fourth-order valence-electron chi connectivity index (χ4n) is 1.29. The van der Waals surface area contributed by atoms with Crippen molar-refractivity contribution in [1.29, 1.82) is 0 Å². The highest BCUT2D eigenvalue weighted by atomic mass is 16.3. The molecule has 0 radical (unpaired) electrons. The lowest BCUT2D eigenvalue weighted by atomic mass is 9.97. The van der Waals surface area contributed by atoms with Crippen LogP contribution in [-0.4, -0.2) is 24.3 Å². The maximum absolute atomic E-state index is 9.58. The fraction of sp³-hybridized carbons (Fsp3) is 1.00. The van der Waals surface area contributed by atoms with Crippen LogP contribution in [0.5, 0.6) is 0 Å². The van der Waals surface area contributed by atoms with Gasteiger partial charge in [-0.3, -0.25) is 0 Å². The van der Waals surface area contributed by atoms with Crippen molar-refractivity contribution in [3.8, 4) is 0 Å². The molecule has 0 rings (SSSR count). The molecule has 2 heteroatoms. The van der Waals surface area contributed by atoms with Crippen LogP contribution in [0.2, 0.25) is 0 Å². The number of aliphatic hydroxyl groups excluding tert-OH is 1. The Bertz CT molecular complexity index is 81.6. The van der Waals surface area contributed by atoms with Crippen LogP contribution in [0.15, 0.2) is 0 Å². The van der Waals surface area contributed by atoms with Crippen molar-refractivity contribution in [2.75, 3.05) is 13.1 Å². The topological polar surface area (TPSA) is 32.3 Å². The van der Waals surface area contributed by atoms with E-state index in [4.69, 9.17) is 0 Å². The van der Waals surface area contributed by atoms with Crippen LogP contribution >= 0.6 is 0 Å². The Morgan fingerprint density at radius 2 is 1.73 bits per heavy atom. The Balaban J connectivity index is 3.51. The summed E-state index contributed by atoms with van der Waals surface area (Å²) in [4.78, 5) is 0. The van der Waals surface area contributed by atoms with Crippen molar-refractivity contribution in [1.82, 2.24) is 5.32 Å². The van der Waals surface area contributed by atoms with E-state index in [0.29, 0.717) is 5.92 Å². The Labute approximate surface area is 70.0 Å². The van der Waals surface area contributed by atoms with E-state index < -0.39 is 0 Å². The van der Waals surface area contributed by atoms with Crippen LogP contribution in [0.4, 0.5) is 0 Å². The zero-order valence-electron chi connectivity index (χ0n) is 7.93. The molecule has 0 aliphatic rings. The second kappa shape index (κ2) is 6.62. The third-order valence-electron chi connectivity index (χ3n) is 2.20. The monoisotopic (exact) mass is 159 g/mol. The van der Waals surface area contributed by atoms with Crippen molar-refractivity contribution < 1.29 is 5.11 Å². The summed E-state index contributed by atoms with van der Waals surface area (Å²) >= 11 is 0.